The monoisotopic (exact) mass is 311 g/mol. The van der Waals surface area contributed by atoms with Crippen LogP contribution < -0.4 is 4.74 Å². The van der Waals surface area contributed by atoms with Gasteiger partial charge in [-0.05, 0) is 37.6 Å². The molecule has 120 valence electrons. The van der Waals surface area contributed by atoms with Gasteiger partial charge in [-0.2, -0.15) is 0 Å². The summed E-state index contributed by atoms with van der Waals surface area (Å²) in [5, 5.41) is 1.000. The highest BCUT2D eigenvalue weighted by molar-refractivity contribution is 6.13. The number of benzene rings is 1. The number of nitrogens with one attached hydrogen (secondary N) is 1. The van der Waals surface area contributed by atoms with Gasteiger partial charge in [0.15, 0.2) is 0 Å². The smallest absolute Gasteiger partial charge is 0.207 e. The topological polar surface area (TPSA) is 51.3 Å². The molecular formula is C19H21NO3. The number of H-pyrrole nitrogens is 1. The van der Waals surface area contributed by atoms with Crippen molar-refractivity contribution >= 4 is 16.7 Å². The summed E-state index contributed by atoms with van der Waals surface area (Å²) in [5.41, 5.74) is 3.04. The molecule has 1 heterocycles. The van der Waals surface area contributed by atoms with Gasteiger partial charge in [0.05, 0.1) is 17.9 Å². The fraction of sp³-hybridized carbons (Fsp3) is 0.316. The first kappa shape index (κ1) is 15.6. The van der Waals surface area contributed by atoms with Crippen molar-refractivity contribution in [2.45, 2.75) is 32.5 Å². The lowest BCUT2D eigenvalue weighted by Crippen LogP contribution is -2.31. The predicted molar refractivity (Wildman–Crippen MR) is 91.2 cm³/mol. The van der Waals surface area contributed by atoms with E-state index in [4.69, 9.17) is 9.47 Å². The van der Waals surface area contributed by atoms with E-state index >= 15 is 0 Å². The lowest BCUT2D eigenvalue weighted by Gasteiger charge is -2.26. The normalized spacial score (nSPS) is 17.6. The highest BCUT2D eigenvalue weighted by Gasteiger charge is 2.33. The van der Waals surface area contributed by atoms with E-state index < -0.39 is 0 Å². The number of carbonyl (C=O) groups is 1. The van der Waals surface area contributed by atoms with Crippen molar-refractivity contribution in [3.63, 3.8) is 0 Å². The summed E-state index contributed by atoms with van der Waals surface area (Å²) in [6.45, 7) is 12.0. The SMILES string of the molecule is C=CCOc1ccc2[nH]c3c(c2c1)CC(OC(C)C)C(=C)C3=O. The average Bonchev–Trinajstić information content (AvgIpc) is 2.88. The van der Waals surface area contributed by atoms with Crippen molar-refractivity contribution in [2.75, 3.05) is 6.61 Å². The number of aromatic nitrogens is 1. The van der Waals surface area contributed by atoms with E-state index in [1.54, 1.807) is 6.08 Å². The zero-order chi connectivity index (χ0) is 16.6. The zero-order valence-corrected chi connectivity index (χ0v) is 13.5. The molecule has 1 unspecified atom stereocenters. The van der Waals surface area contributed by atoms with Gasteiger partial charge in [0.25, 0.3) is 0 Å². The highest BCUT2D eigenvalue weighted by Crippen LogP contribution is 2.34. The lowest BCUT2D eigenvalue weighted by atomic mass is 9.88. The molecule has 0 fully saturated rings. The Kier molecular flexibility index (Phi) is 4.09. The van der Waals surface area contributed by atoms with E-state index in [9.17, 15) is 4.79 Å². The molecule has 0 radical (unpaired) electrons. The first-order valence-electron chi connectivity index (χ1n) is 7.78. The Hall–Kier alpha value is -2.33. The Morgan fingerprint density at radius 1 is 1.43 bits per heavy atom. The summed E-state index contributed by atoms with van der Waals surface area (Å²) in [4.78, 5) is 15.8. The van der Waals surface area contributed by atoms with Crippen LogP contribution in [0.3, 0.4) is 0 Å². The largest absolute Gasteiger partial charge is 0.490 e. The summed E-state index contributed by atoms with van der Waals surface area (Å²) < 4.78 is 11.5. The summed E-state index contributed by atoms with van der Waals surface area (Å²) in [6.07, 6.45) is 2.12. The third kappa shape index (κ3) is 2.82. The Balaban J connectivity index is 2.04. The molecule has 4 heteroatoms. The maximum atomic E-state index is 12.6. The molecule has 1 N–H and O–H groups in total. The van der Waals surface area contributed by atoms with Crippen molar-refractivity contribution < 1.29 is 14.3 Å². The molecule has 0 saturated carbocycles. The third-order valence-corrected chi connectivity index (χ3v) is 3.98. The number of aromatic amines is 1. The Bertz CT molecular complexity index is 785. The van der Waals surface area contributed by atoms with Crippen LogP contribution in [0.1, 0.15) is 29.9 Å². The van der Waals surface area contributed by atoms with Crippen molar-refractivity contribution in [2.24, 2.45) is 0 Å². The maximum absolute atomic E-state index is 12.6. The molecule has 0 aliphatic heterocycles. The van der Waals surface area contributed by atoms with Gasteiger partial charge >= 0.3 is 0 Å². The van der Waals surface area contributed by atoms with Crippen molar-refractivity contribution in [3.05, 3.63) is 54.3 Å². The van der Waals surface area contributed by atoms with Crippen LogP contribution in [0.2, 0.25) is 0 Å². The molecule has 1 aliphatic rings. The van der Waals surface area contributed by atoms with Crippen LogP contribution >= 0.6 is 0 Å². The van der Waals surface area contributed by atoms with Crippen molar-refractivity contribution in [1.82, 2.24) is 4.98 Å². The van der Waals surface area contributed by atoms with Gasteiger partial charge in [-0.25, -0.2) is 0 Å². The Labute approximate surface area is 135 Å². The number of ketones is 1. The minimum absolute atomic E-state index is 0.0443. The van der Waals surface area contributed by atoms with Gasteiger partial charge in [-0.15, -0.1) is 0 Å². The van der Waals surface area contributed by atoms with Crippen molar-refractivity contribution in [3.8, 4) is 5.75 Å². The number of ether oxygens (including phenoxy) is 2. The second-order valence-electron chi connectivity index (χ2n) is 6.02. The lowest BCUT2D eigenvalue weighted by molar-refractivity contribution is 0.0265. The molecule has 1 aromatic carbocycles. The Morgan fingerprint density at radius 2 is 2.22 bits per heavy atom. The third-order valence-electron chi connectivity index (χ3n) is 3.98. The quantitative estimate of drug-likeness (QED) is 0.674. The molecule has 4 nitrogen and oxygen atoms in total. The summed E-state index contributed by atoms with van der Waals surface area (Å²) in [5.74, 6) is 0.694. The number of carbonyl (C=O) groups excluding carboxylic acids is 1. The molecule has 3 rings (SSSR count). The van der Waals surface area contributed by atoms with Crippen LogP contribution in [-0.4, -0.2) is 29.6 Å². The van der Waals surface area contributed by atoms with Crippen molar-refractivity contribution in [1.29, 1.82) is 0 Å². The first-order chi connectivity index (χ1) is 11.0. The fourth-order valence-electron chi connectivity index (χ4n) is 2.95. The van der Waals surface area contributed by atoms with Gasteiger partial charge in [0, 0.05) is 22.9 Å². The second-order valence-corrected chi connectivity index (χ2v) is 6.02. The molecule has 0 amide bonds. The van der Waals surface area contributed by atoms with E-state index in [1.807, 2.05) is 32.0 Å². The van der Waals surface area contributed by atoms with Crippen LogP contribution in [-0.2, 0) is 11.2 Å². The Morgan fingerprint density at radius 3 is 2.91 bits per heavy atom. The molecular weight excluding hydrogens is 290 g/mol. The fourth-order valence-corrected chi connectivity index (χ4v) is 2.95. The molecule has 23 heavy (non-hydrogen) atoms. The van der Waals surface area contributed by atoms with E-state index in [2.05, 4.69) is 18.1 Å². The van der Waals surface area contributed by atoms with Crippen LogP contribution in [0, 0.1) is 0 Å². The average molecular weight is 311 g/mol. The van der Waals surface area contributed by atoms with Gasteiger partial charge in [0.2, 0.25) is 5.78 Å². The minimum atomic E-state index is -0.272. The van der Waals surface area contributed by atoms with E-state index in [1.165, 1.54) is 0 Å². The van der Waals surface area contributed by atoms with Gasteiger partial charge in [-0.3, -0.25) is 4.79 Å². The number of hydrogen-bond acceptors (Lipinski definition) is 3. The maximum Gasteiger partial charge on any atom is 0.207 e. The summed E-state index contributed by atoms with van der Waals surface area (Å²) >= 11 is 0. The molecule has 0 spiro atoms. The minimum Gasteiger partial charge on any atom is -0.490 e. The van der Waals surface area contributed by atoms with Crippen LogP contribution in [0.25, 0.3) is 10.9 Å². The van der Waals surface area contributed by atoms with Gasteiger partial charge in [0.1, 0.15) is 12.4 Å². The summed E-state index contributed by atoms with van der Waals surface area (Å²) in [6, 6.07) is 5.78. The van der Waals surface area contributed by atoms with Gasteiger partial charge in [-0.1, -0.05) is 19.2 Å². The predicted octanol–water partition coefficient (Wildman–Crippen LogP) is 3.82. The molecule has 1 atom stereocenters. The number of Topliss-reactive ketones (excluding diaryl/α,β-unsaturated/α-hetero) is 1. The van der Waals surface area contributed by atoms with E-state index in [0.29, 0.717) is 24.3 Å². The van der Waals surface area contributed by atoms with Crippen LogP contribution in [0.15, 0.2) is 43.0 Å². The van der Waals surface area contributed by atoms with Gasteiger partial charge < -0.3 is 14.5 Å². The first-order valence-corrected chi connectivity index (χ1v) is 7.78. The van der Waals surface area contributed by atoms with E-state index in [0.717, 1.165) is 22.2 Å². The zero-order valence-electron chi connectivity index (χ0n) is 13.5. The second kappa shape index (κ2) is 6.05. The van der Waals surface area contributed by atoms with Crippen LogP contribution in [0.4, 0.5) is 0 Å². The molecule has 1 aromatic heterocycles. The number of fused-ring (bicyclic) bond motifs is 3. The molecule has 2 aromatic rings. The molecule has 0 bridgehead atoms. The van der Waals surface area contributed by atoms with Crippen LogP contribution in [0.5, 0.6) is 5.75 Å². The standard InChI is InChI=1S/C19H21NO3/c1-5-8-22-13-6-7-16-14(9-13)15-10-17(23-11(2)3)12(4)19(21)18(15)20-16/h5-7,9,11,17,20H,1,4,8,10H2,2-3H3. The molecule has 1 aliphatic carbocycles. The molecule has 0 saturated heterocycles. The summed E-state index contributed by atoms with van der Waals surface area (Å²) in [7, 11) is 0. The highest BCUT2D eigenvalue weighted by atomic mass is 16.5. The number of rotatable bonds is 5. The van der Waals surface area contributed by atoms with E-state index in [-0.39, 0.29) is 18.0 Å². The number of hydrogen-bond donors (Lipinski definition) is 1.